The zero-order valence-corrected chi connectivity index (χ0v) is 12.7. The first kappa shape index (κ1) is 14.1. The van der Waals surface area contributed by atoms with Crippen molar-refractivity contribution in [3.63, 3.8) is 0 Å². The van der Waals surface area contributed by atoms with E-state index >= 15 is 0 Å². The quantitative estimate of drug-likeness (QED) is 0.486. The molecule has 8 heteroatoms. The number of rotatable bonds is 2. The van der Waals surface area contributed by atoms with Gasteiger partial charge in [-0.05, 0) is 24.6 Å². The number of carboxylic acid groups (broad SMARTS) is 1. The summed E-state index contributed by atoms with van der Waals surface area (Å²) in [7, 11) is 0. The number of carbonyl (C=O) groups is 1. The predicted molar refractivity (Wildman–Crippen MR) is 88.0 cm³/mol. The molecule has 25 heavy (non-hydrogen) atoms. The maximum Gasteiger partial charge on any atom is 0.307 e. The lowest BCUT2D eigenvalue weighted by atomic mass is 10.0. The zero-order chi connectivity index (χ0) is 17.3. The third kappa shape index (κ3) is 1.90. The van der Waals surface area contributed by atoms with E-state index in [9.17, 15) is 14.0 Å². The van der Waals surface area contributed by atoms with Gasteiger partial charge in [-0.15, -0.1) is 0 Å². The summed E-state index contributed by atoms with van der Waals surface area (Å²) in [5.41, 5.74) is 1.15. The van der Waals surface area contributed by atoms with E-state index in [1.54, 1.807) is 6.07 Å². The Morgan fingerprint density at radius 1 is 1.28 bits per heavy atom. The number of nitrogens with one attached hydrogen (secondary N) is 2. The molecule has 2 heterocycles. The number of aromatic amines is 2. The van der Waals surface area contributed by atoms with Crippen LogP contribution in [0, 0.1) is 11.7 Å². The monoisotopic (exact) mass is 338 g/mol. The van der Waals surface area contributed by atoms with Gasteiger partial charge in [0.2, 0.25) is 0 Å². The van der Waals surface area contributed by atoms with E-state index < -0.39 is 17.7 Å². The van der Waals surface area contributed by atoms with Gasteiger partial charge in [-0.1, -0.05) is 0 Å². The Morgan fingerprint density at radius 2 is 2.12 bits per heavy atom. The largest absolute Gasteiger partial charge is 0.481 e. The number of aromatic nitrogens is 4. The zero-order valence-electron chi connectivity index (χ0n) is 12.7. The average Bonchev–Trinajstić information content (AvgIpc) is 3.27. The van der Waals surface area contributed by atoms with E-state index in [1.807, 2.05) is 0 Å². The van der Waals surface area contributed by atoms with Crippen molar-refractivity contribution in [2.24, 2.45) is 5.92 Å². The van der Waals surface area contributed by atoms with E-state index in [-0.39, 0.29) is 16.9 Å². The summed E-state index contributed by atoms with van der Waals surface area (Å²) in [6.45, 7) is 0. The number of fused-ring (bicyclic) bond motifs is 6. The number of halogens is 1. The van der Waals surface area contributed by atoms with E-state index in [2.05, 4.69) is 19.9 Å². The van der Waals surface area contributed by atoms with Gasteiger partial charge in [-0.3, -0.25) is 9.59 Å². The fourth-order valence-electron chi connectivity index (χ4n) is 3.47. The molecule has 3 N–H and O–H groups in total. The van der Waals surface area contributed by atoms with E-state index in [1.165, 1.54) is 18.5 Å². The maximum absolute atomic E-state index is 13.8. The Morgan fingerprint density at radius 3 is 2.88 bits per heavy atom. The highest BCUT2D eigenvalue weighted by Crippen LogP contribution is 2.47. The van der Waals surface area contributed by atoms with Gasteiger partial charge >= 0.3 is 5.97 Å². The van der Waals surface area contributed by atoms with Crippen LogP contribution in [0.5, 0.6) is 0 Å². The minimum absolute atomic E-state index is 0.183. The van der Waals surface area contributed by atoms with Crippen molar-refractivity contribution in [3.8, 4) is 0 Å². The summed E-state index contributed by atoms with van der Waals surface area (Å²) >= 11 is 0. The SMILES string of the molecule is O=C(O)[C@@H]1C[C@H]1c1nc2c3ccc(F)cc3c3c(=O)[nH]cnc3c2[nH]1. The summed E-state index contributed by atoms with van der Waals surface area (Å²) in [5, 5.41) is 10.5. The van der Waals surface area contributed by atoms with Gasteiger partial charge in [0, 0.05) is 16.7 Å². The molecule has 1 aliphatic carbocycles. The Kier molecular flexibility index (Phi) is 2.61. The highest BCUT2D eigenvalue weighted by molar-refractivity contribution is 6.21. The molecule has 0 saturated heterocycles. The number of hydrogen-bond acceptors (Lipinski definition) is 4. The molecular weight excluding hydrogens is 327 g/mol. The molecule has 0 radical (unpaired) electrons. The lowest BCUT2D eigenvalue weighted by molar-refractivity contribution is -0.138. The first-order valence-corrected chi connectivity index (χ1v) is 7.75. The Balaban J connectivity index is 1.91. The number of benzene rings is 2. The average molecular weight is 338 g/mol. The Bertz CT molecular complexity index is 1260. The summed E-state index contributed by atoms with van der Waals surface area (Å²) in [5.74, 6) is -1.39. The van der Waals surface area contributed by atoms with E-state index in [0.29, 0.717) is 39.6 Å². The van der Waals surface area contributed by atoms with Gasteiger partial charge in [0.15, 0.2) is 0 Å². The van der Waals surface area contributed by atoms with Gasteiger partial charge in [-0.2, -0.15) is 0 Å². The first-order chi connectivity index (χ1) is 12.0. The van der Waals surface area contributed by atoms with Crippen LogP contribution < -0.4 is 5.56 Å². The molecule has 0 unspecified atom stereocenters. The number of hydrogen-bond donors (Lipinski definition) is 3. The van der Waals surface area contributed by atoms with Crippen LogP contribution in [-0.4, -0.2) is 31.0 Å². The molecule has 0 spiro atoms. The van der Waals surface area contributed by atoms with Gasteiger partial charge < -0.3 is 15.1 Å². The standard InChI is InChI=1S/C17H11FN4O3/c18-6-1-2-7-8(3-6)11-13(19-5-20-16(11)23)14-12(7)21-15(22-14)9-4-10(9)17(24)25/h1-3,5,9-10H,4H2,(H,21,22)(H,24,25)(H,19,20,23)/t9-,10-/m1/s1. The van der Waals surface area contributed by atoms with Gasteiger partial charge in [0.05, 0.1) is 28.7 Å². The van der Waals surface area contributed by atoms with Gasteiger partial charge in [0.25, 0.3) is 5.56 Å². The minimum Gasteiger partial charge on any atom is -0.481 e. The van der Waals surface area contributed by atoms with Gasteiger partial charge in [-0.25, -0.2) is 14.4 Å². The molecule has 0 aliphatic heterocycles. The molecule has 7 nitrogen and oxygen atoms in total. The van der Waals surface area contributed by atoms with Crippen molar-refractivity contribution in [2.75, 3.05) is 0 Å². The summed E-state index contributed by atoms with van der Waals surface area (Å²) in [4.78, 5) is 37.9. The molecule has 2 aromatic heterocycles. The molecule has 1 saturated carbocycles. The minimum atomic E-state index is -0.850. The van der Waals surface area contributed by atoms with Crippen LogP contribution in [0.15, 0.2) is 29.3 Å². The predicted octanol–water partition coefficient (Wildman–Crippen LogP) is 2.28. The number of H-pyrrole nitrogens is 2. The fourth-order valence-corrected chi connectivity index (χ4v) is 3.47. The molecule has 2 aromatic carbocycles. The topological polar surface area (TPSA) is 112 Å². The van der Waals surface area contributed by atoms with Crippen LogP contribution in [-0.2, 0) is 4.79 Å². The van der Waals surface area contributed by atoms with Crippen LogP contribution in [0.2, 0.25) is 0 Å². The molecule has 1 aliphatic rings. The van der Waals surface area contributed by atoms with Crippen LogP contribution in [0.3, 0.4) is 0 Å². The lowest BCUT2D eigenvalue weighted by Crippen LogP contribution is -2.07. The third-order valence-electron chi connectivity index (χ3n) is 4.78. The van der Waals surface area contributed by atoms with Gasteiger partial charge in [0.1, 0.15) is 17.2 Å². The third-order valence-corrected chi connectivity index (χ3v) is 4.78. The summed E-state index contributed by atoms with van der Waals surface area (Å²) in [6.07, 6.45) is 1.81. The van der Waals surface area contributed by atoms with E-state index in [0.717, 1.165) is 0 Å². The number of nitrogens with zero attached hydrogens (tertiary/aromatic N) is 2. The van der Waals surface area contributed by atoms with Crippen molar-refractivity contribution >= 4 is 38.7 Å². The molecule has 0 amide bonds. The second-order valence-corrected chi connectivity index (χ2v) is 6.28. The second-order valence-electron chi connectivity index (χ2n) is 6.28. The van der Waals surface area contributed by atoms with Crippen molar-refractivity contribution < 1.29 is 14.3 Å². The van der Waals surface area contributed by atoms with Crippen LogP contribution in [0.4, 0.5) is 4.39 Å². The highest BCUT2D eigenvalue weighted by atomic mass is 19.1. The lowest BCUT2D eigenvalue weighted by Gasteiger charge is -2.04. The smallest absolute Gasteiger partial charge is 0.307 e. The van der Waals surface area contributed by atoms with Crippen molar-refractivity contribution in [3.05, 3.63) is 46.5 Å². The highest BCUT2D eigenvalue weighted by Gasteiger charge is 2.46. The van der Waals surface area contributed by atoms with Crippen LogP contribution in [0.25, 0.3) is 32.7 Å². The maximum atomic E-state index is 13.8. The molecular formula is C17H11FN4O3. The molecule has 5 rings (SSSR count). The fraction of sp³-hybridized carbons (Fsp3) is 0.176. The first-order valence-electron chi connectivity index (χ1n) is 7.75. The number of aliphatic carboxylic acids is 1. The molecule has 0 bridgehead atoms. The van der Waals surface area contributed by atoms with E-state index in [4.69, 9.17) is 5.11 Å². The Hall–Kier alpha value is -3.29. The number of imidazole rings is 1. The Labute approximate surface area is 138 Å². The molecule has 2 atom stereocenters. The molecule has 124 valence electrons. The summed E-state index contributed by atoms with van der Waals surface area (Å²) < 4.78 is 13.8. The molecule has 1 fully saturated rings. The van der Waals surface area contributed by atoms with Crippen molar-refractivity contribution in [1.29, 1.82) is 0 Å². The van der Waals surface area contributed by atoms with Crippen molar-refractivity contribution in [2.45, 2.75) is 12.3 Å². The second kappa shape index (κ2) is 4.62. The molecule has 4 aromatic rings. The summed E-state index contributed by atoms with van der Waals surface area (Å²) in [6, 6.07) is 4.17. The van der Waals surface area contributed by atoms with Crippen LogP contribution >= 0.6 is 0 Å². The number of carboxylic acids is 1. The van der Waals surface area contributed by atoms with Crippen molar-refractivity contribution in [1.82, 2.24) is 19.9 Å². The normalized spacial score (nSPS) is 19.7. The van der Waals surface area contributed by atoms with Crippen LogP contribution in [0.1, 0.15) is 18.2 Å².